The molecule has 1 aromatic carbocycles. The molecule has 0 amide bonds. The van der Waals surface area contributed by atoms with Crippen molar-refractivity contribution in [1.29, 1.82) is 0 Å². The van der Waals surface area contributed by atoms with Crippen LogP contribution in [0.3, 0.4) is 0 Å². The molecule has 1 atom stereocenters. The highest BCUT2D eigenvalue weighted by molar-refractivity contribution is 7.11. The quantitative estimate of drug-likeness (QED) is 0.851. The molecular weight excluding hydrogens is 264 g/mol. The van der Waals surface area contributed by atoms with Crippen molar-refractivity contribution in [1.82, 2.24) is 10.3 Å². The summed E-state index contributed by atoms with van der Waals surface area (Å²) in [6.07, 6.45) is 2.22. The number of rotatable bonds is 6. The zero-order valence-corrected chi connectivity index (χ0v) is 13.7. The lowest BCUT2D eigenvalue weighted by Crippen LogP contribution is -2.23. The summed E-state index contributed by atoms with van der Waals surface area (Å²) in [7, 11) is 0. The maximum absolute atomic E-state index is 4.59. The minimum Gasteiger partial charge on any atom is -0.306 e. The second-order valence-electron chi connectivity index (χ2n) is 5.17. The zero-order chi connectivity index (χ0) is 14.5. The monoisotopic (exact) mass is 288 g/mol. The van der Waals surface area contributed by atoms with Crippen LogP contribution >= 0.6 is 11.3 Å². The molecule has 2 aromatic rings. The molecule has 3 heteroatoms. The van der Waals surface area contributed by atoms with Crippen molar-refractivity contribution in [3.05, 3.63) is 51.0 Å². The summed E-state index contributed by atoms with van der Waals surface area (Å²) in [5.74, 6) is 0. The van der Waals surface area contributed by atoms with Crippen molar-refractivity contribution in [2.24, 2.45) is 0 Å². The normalized spacial score (nSPS) is 12.6. The molecule has 108 valence electrons. The maximum atomic E-state index is 4.59. The second kappa shape index (κ2) is 7.00. The van der Waals surface area contributed by atoms with Crippen molar-refractivity contribution >= 4 is 11.3 Å². The predicted molar refractivity (Wildman–Crippen MR) is 87.5 cm³/mol. The Kier molecular flexibility index (Phi) is 5.32. The third-order valence-corrected chi connectivity index (χ3v) is 4.63. The summed E-state index contributed by atoms with van der Waals surface area (Å²) in [6.45, 7) is 9.63. The Morgan fingerprint density at radius 3 is 2.65 bits per heavy atom. The molecule has 2 nitrogen and oxygen atoms in total. The highest BCUT2D eigenvalue weighted by Crippen LogP contribution is 2.30. The molecule has 0 radical (unpaired) electrons. The first-order chi connectivity index (χ1) is 9.65. The number of aromatic nitrogens is 1. The average Bonchev–Trinajstić information content (AvgIpc) is 2.78. The molecule has 0 aliphatic heterocycles. The zero-order valence-electron chi connectivity index (χ0n) is 12.9. The number of nitrogens with zero attached hydrogens (tertiary/aromatic N) is 1. The standard InChI is InChI=1S/C17H24N2S/c1-5-10-18-16(17-12(3)19-13(4)20-17)15-9-7-8-14(6-2)11-15/h7-9,11,16,18H,5-6,10H2,1-4H3. The van der Waals surface area contributed by atoms with Gasteiger partial charge in [0.15, 0.2) is 0 Å². The molecule has 0 aliphatic carbocycles. The van der Waals surface area contributed by atoms with E-state index in [2.05, 4.69) is 62.3 Å². The van der Waals surface area contributed by atoms with Gasteiger partial charge in [0.05, 0.1) is 16.7 Å². The van der Waals surface area contributed by atoms with Crippen LogP contribution in [0.1, 0.15) is 53.0 Å². The van der Waals surface area contributed by atoms with E-state index < -0.39 is 0 Å². The Morgan fingerprint density at radius 2 is 2.05 bits per heavy atom. The van der Waals surface area contributed by atoms with Crippen LogP contribution in [0, 0.1) is 13.8 Å². The summed E-state index contributed by atoms with van der Waals surface area (Å²) in [5, 5.41) is 4.82. The van der Waals surface area contributed by atoms with E-state index in [1.165, 1.54) is 16.0 Å². The Balaban J connectivity index is 2.38. The number of hydrogen-bond donors (Lipinski definition) is 1. The first kappa shape index (κ1) is 15.2. The molecule has 0 spiro atoms. The van der Waals surface area contributed by atoms with Gasteiger partial charge in [0.2, 0.25) is 0 Å². The van der Waals surface area contributed by atoms with Gasteiger partial charge in [-0.2, -0.15) is 0 Å². The smallest absolute Gasteiger partial charge is 0.0900 e. The second-order valence-corrected chi connectivity index (χ2v) is 6.40. The highest BCUT2D eigenvalue weighted by Gasteiger charge is 2.19. The molecule has 1 aromatic heterocycles. The SMILES string of the molecule is CCCNC(c1cccc(CC)c1)c1sc(C)nc1C. The van der Waals surface area contributed by atoms with E-state index in [0.29, 0.717) is 0 Å². The van der Waals surface area contributed by atoms with Crippen molar-refractivity contribution in [2.45, 2.75) is 46.6 Å². The molecule has 20 heavy (non-hydrogen) atoms. The van der Waals surface area contributed by atoms with Crippen LogP contribution in [-0.4, -0.2) is 11.5 Å². The molecule has 0 saturated carbocycles. The van der Waals surface area contributed by atoms with E-state index in [4.69, 9.17) is 0 Å². The van der Waals surface area contributed by atoms with E-state index in [-0.39, 0.29) is 6.04 Å². The number of thiazole rings is 1. The third kappa shape index (κ3) is 3.47. The highest BCUT2D eigenvalue weighted by atomic mass is 32.1. The number of aryl methyl sites for hydroxylation is 3. The van der Waals surface area contributed by atoms with Gasteiger partial charge in [-0.05, 0) is 44.4 Å². The minimum atomic E-state index is 0.271. The van der Waals surface area contributed by atoms with Crippen molar-refractivity contribution in [3.8, 4) is 0 Å². The fourth-order valence-electron chi connectivity index (χ4n) is 2.46. The molecule has 1 N–H and O–H groups in total. The van der Waals surface area contributed by atoms with Crippen LogP contribution in [0.25, 0.3) is 0 Å². The summed E-state index contributed by atoms with van der Waals surface area (Å²) in [5.41, 5.74) is 3.90. The number of benzene rings is 1. The number of nitrogens with one attached hydrogen (secondary N) is 1. The Morgan fingerprint density at radius 1 is 1.25 bits per heavy atom. The van der Waals surface area contributed by atoms with E-state index in [9.17, 15) is 0 Å². The van der Waals surface area contributed by atoms with Gasteiger partial charge in [0.25, 0.3) is 0 Å². The fourth-order valence-corrected chi connectivity index (χ4v) is 3.49. The van der Waals surface area contributed by atoms with Crippen LogP contribution in [0.4, 0.5) is 0 Å². The largest absolute Gasteiger partial charge is 0.306 e. The molecule has 1 unspecified atom stereocenters. The van der Waals surface area contributed by atoms with Gasteiger partial charge in [-0.1, -0.05) is 38.1 Å². The van der Waals surface area contributed by atoms with Gasteiger partial charge < -0.3 is 5.32 Å². The summed E-state index contributed by atoms with van der Waals surface area (Å²) >= 11 is 1.81. The first-order valence-electron chi connectivity index (χ1n) is 7.41. The van der Waals surface area contributed by atoms with Gasteiger partial charge >= 0.3 is 0 Å². The Hall–Kier alpha value is -1.19. The van der Waals surface area contributed by atoms with Crippen molar-refractivity contribution < 1.29 is 0 Å². The fraction of sp³-hybridized carbons (Fsp3) is 0.471. The summed E-state index contributed by atoms with van der Waals surface area (Å²) < 4.78 is 0. The van der Waals surface area contributed by atoms with Gasteiger partial charge in [-0.25, -0.2) is 4.98 Å². The minimum absolute atomic E-state index is 0.271. The lowest BCUT2D eigenvalue weighted by Gasteiger charge is -2.19. The van der Waals surface area contributed by atoms with Crippen molar-refractivity contribution in [2.75, 3.05) is 6.54 Å². The summed E-state index contributed by atoms with van der Waals surface area (Å²) in [6, 6.07) is 9.18. The van der Waals surface area contributed by atoms with Gasteiger partial charge in [0.1, 0.15) is 0 Å². The molecule has 0 fully saturated rings. The van der Waals surface area contributed by atoms with Crippen LogP contribution in [0.2, 0.25) is 0 Å². The van der Waals surface area contributed by atoms with E-state index >= 15 is 0 Å². The molecule has 0 aliphatic rings. The van der Waals surface area contributed by atoms with Gasteiger partial charge in [-0.15, -0.1) is 11.3 Å². The molecule has 2 rings (SSSR count). The van der Waals surface area contributed by atoms with Crippen LogP contribution in [-0.2, 0) is 6.42 Å². The lowest BCUT2D eigenvalue weighted by molar-refractivity contribution is 0.602. The average molecular weight is 288 g/mol. The summed E-state index contributed by atoms with van der Waals surface area (Å²) in [4.78, 5) is 5.94. The van der Waals surface area contributed by atoms with Crippen LogP contribution in [0.5, 0.6) is 0 Å². The van der Waals surface area contributed by atoms with E-state index in [1.54, 1.807) is 0 Å². The van der Waals surface area contributed by atoms with Crippen LogP contribution in [0.15, 0.2) is 24.3 Å². The molecule has 0 bridgehead atoms. The van der Waals surface area contributed by atoms with Gasteiger partial charge in [-0.3, -0.25) is 0 Å². The first-order valence-corrected chi connectivity index (χ1v) is 8.23. The van der Waals surface area contributed by atoms with Crippen molar-refractivity contribution in [3.63, 3.8) is 0 Å². The molecular formula is C17H24N2S. The van der Waals surface area contributed by atoms with Crippen LogP contribution < -0.4 is 5.32 Å². The van der Waals surface area contributed by atoms with Gasteiger partial charge in [0, 0.05) is 4.88 Å². The maximum Gasteiger partial charge on any atom is 0.0900 e. The number of hydrogen-bond acceptors (Lipinski definition) is 3. The van der Waals surface area contributed by atoms with E-state index in [0.717, 1.165) is 30.1 Å². The molecule has 1 heterocycles. The van der Waals surface area contributed by atoms with E-state index in [1.807, 2.05) is 11.3 Å². The Bertz CT molecular complexity index is 560. The molecule has 0 saturated heterocycles. The Labute approximate surface area is 126 Å². The lowest BCUT2D eigenvalue weighted by atomic mass is 10.0. The topological polar surface area (TPSA) is 24.9 Å². The third-order valence-electron chi connectivity index (χ3n) is 3.49. The predicted octanol–water partition coefficient (Wildman–Crippen LogP) is 4.41.